The van der Waals surface area contributed by atoms with Crippen LogP contribution < -0.4 is 5.32 Å². The number of rotatable bonds is 8. The standard InChI is InChI=1S/C24H34N6OS/c1-15(2)24-28-27-17(4)30(24)20-13-18-6-7-19(14-20)29(18)12-10-21(26-23(31)9-11-25)22-8-5-16(3)32-22/h5,8,15,18-21H,6-7,9-10,12-14H2,1-4H3,(H,26,31)/t18-,19+,20?,21-/m0/s1. The van der Waals surface area contributed by atoms with Gasteiger partial charge in [-0.05, 0) is 58.1 Å². The van der Waals surface area contributed by atoms with E-state index in [9.17, 15) is 4.79 Å². The van der Waals surface area contributed by atoms with E-state index >= 15 is 0 Å². The molecule has 2 aromatic rings. The van der Waals surface area contributed by atoms with Crippen molar-refractivity contribution < 1.29 is 4.79 Å². The number of hydrogen-bond acceptors (Lipinski definition) is 6. The number of thiophene rings is 1. The summed E-state index contributed by atoms with van der Waals surface area (Å²) in [6.07, 6.45) is 5.54. The number of aromatic nitrogens is 3. The molecule has 4 heterocycles. The summed E-state index contributed by atoms with van der Waals surface area (Å²) in [6, 6.07) is 7.76. The highest BCUT2D eigenvalue weighted by Crippen LogP contribution is 2.42. The fourth-order valence-corrected chi connectivity index (χ4v) is 6.54. The molecule has 0 radical (unpaired) electrons. The highest BCUT2D eigenvalue weighted by atomic mass is 32.1. The molecule has 2 aliphatic heterocycles. The van der Waals surface area contributed by atoms with Crippen LogP contribution in [0, 0.1) is 25.2 Å². The van der Waals surface area contributed by atoms with E-state index in [0.717, 1.165) is 37.5 Å². The molecule has 172 valence electrons. The summed E-state index contributed by atoms with van der Waals surface area (Å²) in [5, 5.41) is 20.8. The molecule has 1 unspecified atom stereocenters. The van der Waals surface area contributed by atoms with Crippen molar-refractivity contribution in [2.45, 2.75) is 96.3 Å². The average molecular weight is 455 g/mol. The van der Waals surface area contributed by atoms with Crippen LogP contribution in [0.5, 0.6) is 0 Å². The van der Waals surface area contributed by atoms with Gasteiger partial charge in [-0.15, -0.1) is 21.5 Å². The molecule has 8 heteroatoms. The van der Waals surface area contributed by atoms with Gasteiger partial charge < -0.3 is 9.88 Å². The van der Waals surface area contributed by atoms with Crippen LogP contribution >= 0.6 is 11.3 Å². The molecule has 1 N–H and O–H groups in total. The van der Waals surface area contributed by atoms with Crippen LogP contribution in [-0.4, -0.2) is 44.2 Å². The van der Waals surface area contributed by atoms with E-state index < -0.39 is 0 Å². The van der Waals surface area contributed by atoms with Crippen LogP contribution in [0.25, 0.3) is 0 Å². The Labute approximate surface area is 194 Å². The molecular weight excluding hydrogens is 420 g/mol. The lowest BCUT2D eigenvalue weighted by molar-refractivity contribution is -0.120. The Hall–Kier alpha value is -2.24. The maximum absolute atomic E-state index is 12.2. The summed E-state index contributed by atoms with van der Waals surface area (Å²) >= 11 is 1.73. The van der Waals surface area contributed by atoms with Gasteiger partial charge in [-0.25, -0.2) is 0 Å². The van der Waals surface area contributed by atoms with Gasteiger partial charge in [0.15, 0.2) is 0 Å². The van der Waals surface area contributed by atoms with E-state index in [1.54, 1.807) is 11.3 Å². The predicted molar refractivity (Wildman–Crippen MR) is 125 cm³/mol. The van der Waals surface area contributed by atoms with Crippen LogP contribution in [0.3, 0.4) is 0 Å². The van der Waals surface area contributed by atoms with E-state index in [-0.39, 0.29) is 18.4 Å². The molecule has 32 heavy (non-hydrogen) atoms. The summed E-state index contributed by atoms with van der Waals surface area (Å²) in [4.78, 5) is 17.3. The predicted octanol–water partition coefficient (Wildman–Crippen LogP) is 4.41. The van der Waals surface area contributed by atoms with Gasteiger partial charge in [-0.2, -0.15) is 5.26 Å². The summed E-state index contributed by atoms with van der Waals surface area (Å²) in [5.74, 6) is 2.32. The molecule has 2 saturated heterocycles. The average Bonchev–Trinajstić information content (AvgIpc) is 3.41. The Morgan fingerprint density at radius 1 is 1.22 bits per heavy atom. The third-order valence-corrected chi connectivity index (χ3v) is 8.10. The summed E-state index contributed by atoms with van der Waals surface area (Å²) in [5.41, 5.74) is 0. The number of aryl methyl sites for hydroxylation is 2. The van der Waals surface area contributed by atoms with Crippen LogP contribution in [0.4, 0.5) is 0 Å². The topological polar surface area (TPSA) is 86.8 Å². The van der Waals surface area contributed by atoms with Crippen molar-refractivity contribution in [2.24, 2.45) is 0 Å². The first-order chi connectivity index (χ1) is 15.4. The number of fused-ring (bicyclic) bond motifs is 2. The third-order valence-electron chi connectivity index (χ3n) is 6.99. The van der Waals surface area contributed by atoms with Gasteiger partial charge in [0.05, 0.1) is 12.1 Å². The number of amides is 1. The quantitative estimate of drug-likeness (QED) is 0.638. The minimum Gasteiger partial charge on any atom is -0.348 e. The van der Waals surface area contributed by atoms with Gasteiger partial charge in [0, 0.05) is 40.3 Å². The molecule has 7 nitrogen and oxygen atoms in total. The van der Waals surface area contributed by atoms with Crippen LogP contribution in [0.15, 0.2) is 12.1 Å². The van der Waals surface area contributed by atoms with Crippen molar-refractivity contribution in [3.8, 4) is 6.07 Å². The van der Waals surface area contributed by atoms with Crippen molar-refractivity contribution in [1.82, 2.24) is 25.0 Å². The summed E-state index contributed by atoms with van der Waals surface area (Å²) < 4.78 is 2.40. The van der Waals surface area contributed by atoms with E-state index in [4.69, 9.17) is 5.26 Å². The number of piperidine rings is 1. The van der Waals surface area contributed by atoms with E-state index in [0.29, 0.717) is 24.0 Å². The Balaban J connectivity index is 1.44. The lowest BCUT2D eigenvalue weighted by atomic mass is 9.95. The maximum Gasteiger partial charge on any atom is 0.234 e. The molecule has 1 amide bonds. The fraction of sp³-hybridized carbons (Fsp3) is 0.667. The van der Waals surface area contributed by atoms with Gasteiger partial charge in [-0.3, -0.25) is 9.69 Å². The zero-order valence-electron chi connectivity index (χ0n) is 19.5. The zero-order valence-corrected chi connectivity index (χ0v) is 20.4. The first-order valence-corrected chi connectivity index (χ1v) is 12.6. The van der Waals surface area contributed by atoms with Gasteiger partial charge in [0.25, 0.3) is 0 Å². The van der Waals surface area contributed by atoms with Crippen LogP contribution in [0.1, 0.15) is 91.8 Å². The third kappa shape index (κ3) is 4.74. The number of nitrogens with one attached hydrogen (secondary N) is 1. The van der Waals surface area contributed by atoms with Crippen LogP contribution in [-0.2, 0) is 4.79 Å². The molecule has 2 bridgehead atoms. The van der Waals surface area contributed by atoms with Crippen molar-refractivity contribution in [2.75, 3.05) is 6.54 Å². The van der Waals surface area contributed by atoms with Gasteiger partial charge in [0.2, 0.25) is 5.91 Å². The van der Waals surface area contributed by atoms with Crippen molar-refractivity contribution >= 4 is 17.2 Å². The lowest BCUT2D eigenvalue weighted by Crippen LogP contribution is -2.45. The monoisotopic (exact) mass is 454 g/mol. The normalized spacial score (nSPS) is 23.9. The van der Waals surface area contributed by atoms with E-state index in [2.05, 4.69) is 64.8 Å². The lowest BCUT2D eigenvalue weighted by Gasteiger charge is -2.40. The number of nitrogens with zero attached hydrogens (tertiary/aromatic N) is 5. The number of nitriles is 1. The first-order valence-electron chi connectivity index (χ1n) is 11.8. The van der Waals surface area contributed by atoms with Gasteiger partial charge in [-0.1, -0.05) is 13.8 Å². The van der Waals surface area contributed by atoms with Crippen LogP contribution in [0.2, 0.25) is 0 Å². The summed E-state index contributed by atoms with van der Waals surface area (Å²) in [6.45, 7) is 9.51. The highest BCUT2D eigenvalue weighted by molar-refractivity contribution is 7.12. The van der Waals surface area contributed by atoms with Gasteiger partial charge >= 0.3 is 0 Å². The smallest absolute Gasteiger partial charge is 0.234 e. The Morgan fingerprint density at radius 3 is 2.53 bits per heavy atom. The second kappa shape index (κ2) is 9.72. The Bertz CT molecular complexity index is 975. The second-order valence-corrected chi connectivity index (χ2v) is 10.9. The van der Waals surface area contributed by atoms with Crippen molar-refractivity contribution in [3.05, 3.63) is 33.5 Å². The number of carbonyl (C=O) groups excluding carboxylic acids is 1. The molecule has 2 aliphatic rings. The Morgan fingerprint density at radius 2 is 1.94 bits per heavy atom. The largest absolute Gasteiger partial charge is 0.348 e. The molecule has 2 aromatic heterocycles. The van der Waals surface area contributed by atoms with E-state index in [1.807, 2.05) is 6.07 Å². The van der Waals surface area contributed by atoms with E-state index in [1.165, 1.54) is 22.6 Å². The molecule has 2 fully saturated rings. The molecule has 4 rings (SSSR count). The minimum absolute atomic E-state index is 0.0284. The number of hydrogen-bond donors (Lipinski definition) is 1. The summed E-state index contributed by atoms with van der Waals surface area (Å²) in [7, 11) is 0. The SMILES string of the molecule is Cc1ccc([C@H](CCN2[C@@H]3CC[C@H]2CC(n2c(C)nnc2C(C)C)C3)NC(=O)CC#N)s1. The first kappa shape index (κ1) is 22.9. The molecule has 0 aromatic carbocycles. The molecule has 4 atom stereocenters. The second-order valence-electron chi connectivity index (χ2n) is 9.57. The highest BCUT2D eigenvalue weighted by Gasteiger charge is 2.42. The van der Waals surface area contributed by atoms with Gasteiger partial charge in [0.1, 0.15) is 18.1 Å². The number of carbonyl (C=O) groups is 1. The fourth-order valence-electron chi connectivity index (χ4n) is 5.57. The van der Waals surface area contributed by atoms with Crippen molar-refractivity contribution in [1.29, 1.82) is 5.26 Å². The minimum atomic E-state index is -0.186. The molecule has 0 saturated carbocycles. The zero-order chi connectivity index (χ0) is 22.8. The molecular formula is C24H34N6OS. The molecule has 0 aliphatic carbocycles. The Kier molecular flexibility index (Phi) is 6.96. The maximum atomic E-state index is 12.2. The van der Waals surface area contributed by atoms with Crippen molar-refractivity contribution in [3.63, 3.8) is 0 Å². The molecule has 0 spiro atoms.